The van der Waals surface area contributed by atoms with Gasteiger partial charge in [-0.1, -0.05) is 67.6 Å². The summed E-state index contributed by atoms with van der Waals surface area (Å²) in [6.45, 7) is 10.6. The van der Waals surface area contributed by atoms with Crippen LogP contribution in [-0.4, -0.2) is 80.1 Å². The van der Waals surface area contributed by atoms with Crippen LogP contribution >= 0.6 is 0 Å². The summed E-state index contributed by atoms with van der Waals surface area (Å²) in [5, 5.41) is 0. The Morgan fingerprint density at radius 3 is 2.16 bits per heavy atom. The Kier molecular flexibility index (Phi) is 8.13. The highest BCUT2D eigenvalue weighted by Crippen LogP contribution is 2.45. The lowest BCUT2D eigenvalue weighted by atomic mass is 9.91. The van der Waals surface area contributed by atoms with E-state index < -0.39 is 48.8 Å². The van der Waals surface area contributed by atoms with Crippen molar-refractivity contribution in [1.29, 1.82) is 0 Å². The van der Waals surface area contributed by atoms with Gasteiger partial charge >= 0.3 is 0 Å². The summed E-state index contributed by atoms with van der Waals surface area (Å²) < 4.78 is 63.3. The fourth-order valence-corrected chi connectivity index (χ4v) is 6.71. The largest absolute Gasteiger partial charge is 0.370 e. The number of fused-ring (bicyclic) bond motifs is 4. The Bertz CT molecular complexity index is 1220. The zero-order valence-corrected chi connectivity index (χ0v) is 25.3. The molecule has 5 aliphatic rings. The number of rotatable bonds is 7. The molecule has 10 nitrogen and oxygen atoms in total. The molecule has 0 spiro atoms. The van der Waals surface area contributed by atoms with Gasteiger partial charge in [0.15, 0.2) is 30.4 Å². The van der Waals surface area contributed by atoms with Gasteiger partial charge in [0, 0.05) is 11.5 Å². The Labute approximate surface area is 252 Å². The SMILES string of the molecule is CC1C(OCC2O[C@H]3OC(C)(C)OC3[C@H]3OC(C)(C)O[C@@H]23)OC2COC(c3ccccc3)O[C@@H]2[C@H]1OCc1ccccc1. The van der Waals surface area contributed by atoms with Crippen molar-refractivity contribution in [2.75, 3.05) is 13.2 Å². The molecule has 43 heavy (non-hydrogen) atoms. The highest BCUT2D eigenvalue weighted by atomic mass is 16.9. The second-order valence-corrected chi connectivity index (χ2v) is 12.9. The first-order valence-corrected chi connectivity index (χ1v) is 15.3. The lowest BCUT2D eigenvalue weighted by Gasteiger charge is -2.49. The molecular formula is C33H42O10. The maximum atomic E-state index is 6.58. The van der Waals surface area contributed by atoms with Crippen molar-refractivity contribution >= 4 is 0 Å². The third-order valence-corrected chi connectivity index (χ3v) is 8.67. The summed E-state index contributed by atoms with van der Waals surface area (Å²) in [6.07, 6.45) is -4.29. The summed E-state index contributed by atoms with van der Waals surface area (Å²) in [4.78, 5) is 0. The monoisotopic (exact) mass is 598 g/mol. The summed E-state index contributed by atoms with van der Waals surface area (Å²) in [6, 6.07) is 20.1. The van der Waals surface area contributed by atoms with Crippen LogP contribution in [0.3, 0.4) is 0 Å². The maximum Gasteiger partial charge on any atom is 0.190 e. The summed E-state index contributed by atoms with van der Waals surface area (Å²) in [7, 11) is 0. The van der Waals surface area contributed by atoms with Crippen molar-refractivity contribution in [1.82, 2.24) is 0 Å². The molecule has 0 amide bonds. The number of hydrogen-bond donors (Lipinski definition) is 0. The predicted octanol–water partition coefficient (Wildman–Crippen LogP) is 4.46. The molecule has 11 atom stereocenters. The van der Waals surface area contributed by atoms with Crippen molar-refractivity contribution in [3.05, 3.63) is 71.8 Å². The highest BCUT2D eigenvalue weighted by molar-refractivity contribution is 5.17. The lowest BCUT2D eigenvalue weighted by molar-refractivity contribution is -0.361. The Morgan fingerprint density at radius 1 is 0.721 bits per heavy atom. The smallest absolute Gasteiger partial charge is 0.190 e. The lowest BCUT2D eigenvalue weighted by Crippen LogP contribution is -2.61. The fourth-order valence-electron chi connectivity index (χ4n) is 6.71. The molecule has 0 saturated carbocycles. The average Bonchev–Trinajstić information content (AvgIpc) is 3.50. The molecule has 7 rings (SSSR count). The molecule has 234 valence electrons. The maximum absolute atomic E-state index is 6.58. The van der Waals surface area contributed by atoms with Gasteiger partial charge in [0.2, 0.25) is 0 Å². The second-order valence-electron chi connectivity index (χ2n) is 12.9. The van der Waals surface area contributed by atoms with Gasteiger partial charge in [-0.15, -0.1) is 0 Å². The van der Waals surface area contributed by atoms with E-state index in [0.717, 1.165) is 11.1 Å². The molecule has 5 heterocycles. The van der Waals surface area contributed by atoms with Gasteiger partial charge in [-0.3, -0.25) is 0 Å². The zero-order valence-electron chi connectivity index (χ0n) is 25.3. The first-order valence-electron chi connectivity index (χ1n) is 15.3. The summed E-state index contributed by atoms with van der Waals surface area (Å²) >= 11 is 0. The minimum Gasteiger partial charge on any atom is -0.370 e. The van der Waals surface area contributed by atoms with Gasteiger partial charge in [-0.2, -0.15) is 0 Å². The van der Waals surface area contributed by atoms with E-state index in [0.29, 0.717) is 13.2 Å². The molecule has 0 aliphatic carbocycles. The minimum atomic E-state index is -0.788. The van der Waals surface area contributed by atoms with E-state index in [-0.39, 0.29) is 36.9 Å². The third-order valence-electron chi connectivity index (χ3n) is 8.67. The Balaban J connectivity index is 1.07. The first kappa shape index (κ1) is 29.7. The van der Waals surface area contributed by atoms with Gasteiger partial charge < -0.3 is 47.4 Å². The molecule has 2 aromatic carbocycles. The highest BCUT2D eigenvalue weighted by Gasteiger charge is 2.61. The molecule has 0 bridgehead atoms. The normalized spacial score (nSPS) is 41.3. The standard InChI is InChI=1S/C33H42O10/c1-19-24(34-16-20-12-8-6-9-13-20)25-22(17-36-30(39-25)21-14-10-7-11-15-21)37-29(19)35-18-23-26-27(41-32(2,3)40-26)28-31(38-23)43-33(4,5)42-28/h6-15,19,22-31H,16-18H2,1-5H3/t19?,22?,23?,24-,25-,26-,27-,28?,29?,30?,31-/m0/s1. The second kappa shape index (κ2) is 11.8. The Morgan fingerprint density at radius 2 is 1.40 bits per heavy atom. The molecule has 2 aromatic rings. The van der Waals surface area contributed by atoms with Crippen molar-refractivity contribution in [3.63, 3.8) is 0 Å². The van der Waals surface area contributed by atoms with Crippen LogP contribution in [0.4, 0.5) is 0 Å². The van der Waals surface area contributed by atoms with Gasteiger partial charge in [-0.05, 0) is 33.3 Å². The van der Waals surface area contributed by atoms with Crippen LogP contribution in [0, 0.1) is 5.92 Å². The molecule has 5 fully saturated rings. The van der Waals surface area contributed by atoms with Crippen LogP contribution in [0.25, 0.3) is 0 Å². The average molecular weight is 599 g/mol. The van der Waals surface area contributed by atoms with E-state index in [1.54, 1.807) is 0 Å². The van der Waals surface area contributed by atoms with E-state index in [1.807, 2.05) is 76.2 Å². The minimum absolute atomic E-state index is 0.159. The van der Waals surface area contributed by atoms with Crippen LogP contribution in [0.15, 0.2) is 60.7 Å². The van der Waals surface area contributed by atoms with E-state index >= 15 is 0 Å². The fraction of sp³-hybridized carbons (Fsp3) is 0.636. The quantitative estimate of drug-likeness (QED) is 0.455. The summed E-state index contributed by atoms with van der Waals surface area (Å²) in [5.41, 5.74) is 2.04. The van der Waals surface area contributed by atoms with Crippen LogP contribution in [0.2, 0.25) is 0 Å². The number of hydrogen-bond acceptors (Lipinski definition) is 10. The van der Waals surface area contributed by atoms with Crippen LogP contribution < -0.4 is 0 Å². The van der Waals surface area contributed by atoms with Gasteiger partial charge in [0.25, 0.3) is 0 Å². The van der Waals surface area contributed by atoms with E-state index in [1.165, 1.54) is 0 Å². The molecule has 5 aliphatic heterocycles. The van der Waals surface area contributed by atoms with Crippen molar-refractivity contribution < 1.29 is 47.4 Å². The first-order chi connectivity index (χ1) is 20.7. The van der Waals surface area contributed by atoms with Crippen molar-refractivity contribution in [2.45, 2.75) is 114 Å². The van der Waals surface area contributed by atoms with Gasteiger partial charge in [0.05, 0.1) is 25.9 Å². The van der Waals surface area contributed by atoms with E-state index in [9.17, 15) is 0 Å². The molecule has 5 saturated heterocycles. The molecule has 0 N–H and O–H groups in total. The van der Waals surface area contributed by atoms with Crippen molar-refractivity contribution in [3.8, 4) is 0 Å². The van der Waals surface area contributed by atoms with Crippen LogP contribution in [0.5, 0.6) is 0 Å². The topological polar surface area (TPSA) is 92.3 Å². The van der Waals surface area contributed by atoms with Crippen LogP contribution in [0.1, 0.15) is 52.0 Å². The molecule has 0 radical (unpaired) electrons. The molecule has 10 heteroatoms. The number of ether oxygens (including phenoxy) is 10. The van der Waals surface area contributed by atoms with Gasteiger partial charge in [-0.25, -0.2) is 0 Å². The van der Waals surface area contributed by atoms with Crippen LogP contribution in [-0.2, 0) is 54.0 Å². The molecule has 0 aromatic heterocycles. The summed E-state index contributed by atoms with van der Waals surface area (Å²) in [5.74, 6) is -1.73. The molecule has 6 unspecified atom stereocenters. The van der Waals surface area contributed by atoms with Gasteiger partial charge in [0.1, 0.15) is 36.6 Å². The van der Waals surface area contributed by atoms with Crippen molar-refractivity contribution in [2.24, 2.45) is 5.92 Å². The molecular weight excluding hydrogens is 556 g/mol. The number of benzene rings is 2. The Hall–Kier alpha value is -1.96. The predicted molar refractivity (Wildman–Crippen MR) is 151 cm³/mol. The van der Waals surface area contributed by atoms with E-state index in [4.69, 9.17) is 47.4 Å². The third kappa shape index (κ3) is 6.15. The van der Waals surface area contributed by atoms with E-state index in [2.05, 4.69) is 19.1 Å². The zero-order chi connectivity index (χ0) is 29.8.